The van der Waals surface area contributed by atoms with Crippen molar-refractivity contribution in [1.29, 1.82) is 0 Å². The zero-order valence-electron chi connectivity index (χ0n) is 13.5. The molecular formula is C17H16N6O2. The van der Waals surface area contributed by atoms with Gasteiger partial charge in [-0.1, -0.05) is 5.92 Å². The summed E-state index contributed by atoms with van der Waals surface area (Å²) in [7, 11) is 0. The van der Waals surface area contributed by atoms with E-state index in [-0.39, 0.29) is 5.88 Å². The van der Waals surface area contributed by atoms with E-state index >= 15 is 0 Å². The Hall–Kier alpha value is -3.18. The van der Waals surface area contributed by atoms with E-state index in [0.717, 1.165) is 18.7 Å². The van der Waals surface area contributed by atoms with Gasteiger partial charge in [0.05, 0.1) is 26.1 Å². The summed E-state index contributed by atoms with van der Waals surface area (Å²) >= 11 is 0. The molecule has 1 aliphatic heterocycles. The van der Waals surface area contributed by atoms with E-state index in [0.29, 0.717) is 42.6 Å². The Kier molecular flexibility index (Phi) is 3.91. The Labute approximate surface area is 144 Å². The first-order valence-electron chi connectivity index (χ1n) is 7.90. The lowest BCUT2D eigenvalue weighted by Gasteiger charge is -2.27. The highest BCUT2D eigenvalue weighted by Crippen LogP contribution is 2.28. The molecule has 8 nitrogen and oxygen atoms in total. The molecule has 3 aromatic heterocycles. The average Bonchev–Trinajstić information content (AvgIpc) is 3.06. The summed E-state index contributed by atoms with van der Waals surface area (Å²) in [4.78, 5) is 19.8. The standard InChI is InChI=1S/C17H16N6O2/c1-2-5-23-11-19-15-14(12-3-4-13(24)18-10-12)20-17(21-16(15)23)22-6-8-25-9-7-22/h1,3-4,10-11H,5-9H2,(H,18,24). The van der Waals surface area contributed by atoms with Crippen LogP contribution in [0.5, 0.6) is 5.88 Å². The lowest BCUT2D eigenvalue weighted by Crippen LogP contribution is -2.37. The van der Waals surface area contributed by atoms with E-state index in [1.54, 1.807) is 18.6 Å². The van der Waals surface area contributed by atoms with Crippen molar-refractivity contribution >= 4 is 17.1 Å². The van der Waals surface area contributed by atoms with Crippen molar-refractivity contribution in [2.45, 2.75) is 6.54 Å². The second-order valence-corrected chi connectivity index (χ2v) is 5.63. The minimum atomic E-state index is -0.0414. The van der Waals surface area contributed by atoms with Crippen LogP contribution in [0.1, 0.15) is 0 Å². The van der Waals surface area contributed by atoms with Crippen molar-refractivity contribution in [1.82, 2.24) is 24.5 Å². The van der Waals surface area contributed by atoms with E-state index in [2.05, 4.69) is 25.8 Å². The first-order chi connectivity index (χ1) is 12.3. The van der Waals surface area contributed by atoms with Crippen LogP contribution in [-0.4, -0.2) is 55.9 Å². The van der Waals surface area contributed by atoms with Gasteiger partial charge in [0.1, 0.15) is 11.2 Å². The highest BCUT2D eigenvalue weighted by molar-refractivity contribution is 5.88. The maximum atomic E-state index is 9.44. The Morgan fingerprint density at radius 3 is 2.76 bits per heavy atom. The van der Waals surface area contributed by atoms with Gasteiger partial charge in [0.15, 0.2) is 5.65 Å². The summed E-state index contributed by atoms with van der Waals surface area (Å²) in [5, 5.41) is 9.44. The Morgan fingerprint density at radius 1 is 1.20 bits per heavy atom. The molecule has 0 aliphatic carbocycles. The van der Waals surface area contributed by atoms with Gasteiger partial charge in [0.2, 0.25) is 11.8 Å². The quantitative estimate of drug-likeness (QED) is 0.715. The minimum Gasteiger partial charge on any atom is -0.493 e. The van der Waals surface area contributed by atoms with E-state index < -0.39 is 0 Å². The number of hydrogen-bond donors (Lipinski definition) is 1. The van der Waals surface area contributed by atoms with Crippen molar-refractivity contribution in [3.8, 4) is 29.5 Å². The molecular weight excluding hydrogens is 320 g/mol. The van der Waals surface area contributed by atoms with Gasteiger partial charge in [-0.05, 0) is 6.07 Å². The summed E-state index contributed by atoms with van der Waals surface area (Å²) in [5.41, 5.74) is 2.75. The third kappa shape index (κ3) is 2.86. The van der Waals surface area contributed by atoms with Crippen molar-refractivity contribution in [2.75, 3.05) is 31.2 Å². The van der Waals surface area contributed by atoms with Crippen LogP contribution in [0.3, 0.4) is 0 Å². The van der Waals surface area contributed by atoms with Crippen LogP contribution in [-0.2, 0) is 11.3 Å². The number of ether oxygens (including phenoxy) is 1. The number of morpholine rings is 1. The third-order valence-electron chi connectivity index (χ3n) is 4.03. The summed E-state index contributed by atoms with van der Waals surface area (Å²) in [5.74, 6) is 3.18. The zero-order chi connectivity index (χ0) is 17.2. The van der Waals surface area contributed by atoms with Gasteiger partial charge in [-0.2, -0.15) is 4.98 Å². The van der Waals surface area contributed by atoms with Crippen LogP contribution in [0.25, 0.3) is 22.4 Å². The number of aromatic nitrogens is 5. The van der Waals surface area contributed by atoms with Crippen molar-refractivity contribution in [2.24, 2.45) is 0 Å². The second-order valence-electron chi connectivity index (χ2n) is 5.63. The highest BCUT2D eigenvalue weighted by atomic mass is 16.5. The summed E-state index contributed by atoms with van der Waals surface area (Å²) in [6.45, 7) is 3.11. The number of hydrogen-bond acceptors (Lipinski definition) is 7. The normalized spacial score (nSPS) is 14.6. The largest absolute Gasteiger partial charge is 0.493 e. The molecule has 0 amide bonds. The maximum absolute atomic E-state index is 9.44. The highest BCUT2D eigenvalue weighted by Gasteiger charge is 2.20. The Bertz CT molecular complexity index is 938. The molecule has 1 N–H and O–H groups in total. The number of imidazole rings is 1. The number of pyridine rings is 1. The molecule has 4 heterocycles. The smallest absolute Gasteiger partial charge is 0.228 e. The number of fused-ring (bicyclic) bond motifs is 1. The molecule has 0 unspecified atom stereocenters. The van der Waals surface area contributed by atoms with Crippen LogP contribution in [0.2, 0.25) is 0 Å². The molecule has 0 atom stereocenters. The molecule has 0 radical (unpaired) electrons. The number of rotatable bonds is 3. The van der Waals surface area contributed by atoms with Gasteiger partial charge < -0.3 is 19.3 Å². The lowest BCUT2D eigenvalue weighted by molar-refractivity contribution is 0.122. The molecule has 0 aromatic carbocycles. The predicted molar refractivity (Wildman–Crippen MR) is 92.1 cm³/mol. The summed E-state index contributed by atoms with van der Waals surface area (Å²) in [6.07, 6.45) is 8.69. The number of aromatic hydroxyl groups is 1. The maximum Gasteiger partial charge on any atom is 0.228 e. The van der Waals surface area contributed by atoms with Crippen LogP contribution in [0.4, 0.5) is 5.95 Å². The molecule has 8 heteroatoms. The van der Waals surface area contributed by atoms with E-state index in [1.807, 2.05) is 4.57 Å². The van der Waals surface area contributed by atoms with Crippen molar-refractivity contribution in [3.05, 3.63) is 24.7 Å². The molecule has 1 saturated heterocycles. The molecule has 1 aliphatic rings. The van der Waals surface area contributed by atoms with E-state index in [1.165, 1.54) is 6.07 Å². The monoisotopic (exact) mass is 336 g/mol. The molecule has 1 fully saturated rings. The Morgan fingerprint density at radius 2 is 2.04 bits per heavy atom. The first kappa shape index (κ1) is 15.4. The summed E-state index contributed by atoms with van der Waals surface area (Å²) < 4.78 is 7.22. The molecule has 0 spiro atoms. The lowest BCUT2D eigenvalue weighted by atomic mass is 10.2. The fourth-order valence-electron chi connectivity index (χ4n) is 2.78. The van der Waals surface area contributed by atoms with Crippen LogP contribution >= 0.6 is 0 Å². The topological polar surface area (TPSA) is 89.2 Å². The van der Waals surface area contributed by atoms with E-state index in [4.69, 9.17) is 16.1 Å². The van der Waals surface area contributed by atoms with Gasteiger partial charge >= 0.3 is 0 Å². The Balaban J connectivity index is 1.90. The second kappa shape index (κ2) is 6.37. The first-order valence-corrected chi connectivity index (χ1v) is 7.90. The van der Waals surface area contributed by atoms with Gasteiger partial charge in [0, 0.05) is 30.9 Å². The van der Waals surface area contributed by atoms with Gasteiger partial charge in [-0.3, -0.25) is 0 Å². The average molecular weight is 336 g/mol. The zero-order valence-corrected chi connectivity index (χ0v) is 13.5. The minimum absolute atomic E-state index is 0.0414. The van der Waals surface area contributed by atoms with Gasteiger partial charge in [-0.15, -0.1) is 6.42 Å². The molecule has 126 valence electrons. The fraction of sp³-hybridized carbons (Fsp3) is 0.294. The summed E-state index contributed by atoms with van der Waals surface area (Å²) in [6, 6.07) is 3.28. The molecule has 0 saturated carbocycles. The predicted octanol–water partition coefficient (Wildman–Crippen LogP) is 1.06. The number of nitrogens with zero attached hydrogens (tertiary/aromatic N) is 6. The fourth-order valence-corrected chi connectivity index (χ4v) is 2.78. The molecule has 25 heavy (non-hydrogen) atoms. The van der Waals surface area contributed by atoms with Crippen LogP contribution in [0.15, 0.2) is 24.7 Å². The van der Waals surface area contributed by atoms with Crippen molar-refractivity contribution in [3.63, 3.8) is 0 Å². The van der Waals surface area contributed by atoms with E-state index in [9.17, 15) is 5.11 Å². The molecule has 4 rings (SSSR count). The van der Waals surface area contributed by atoms with Crippen LogP contribution in [0, 0.1) is 12.3 Å². The number of anilines is 1. The molecule has 3 aromatic rings. The molecule has 0 bridgehead atoms. The third-order valence-corrected chi connectivity index (χ3v) is 4.03. The van der Waals surface area contributed by atoms with Crippen molar-refractivity contribution < 1.29 is 9.84 Å². The SMILES string of the molecule is C#CCn1cnc2c(-c3ccc(O)nc3)nc(N3CCOCC3)nc21. The van der Waals surface area contributed by atoms with Gasteiger partial charge in [0.25, 0.3) is 0 Å². The number of terminal acetylenes is 1. The van der Waals surface area contributed by atoms with Crippen LogP contribution < -0.4 is 4.90 Å². The van der Waals surface area contributed by atoms with Gasteiger partial charge in [-0.25, -0.2) is 15.0 Å².